The van der Waals surface area contributed by atoms with Crippen LogP contribution in [-0.2, 0) is 0 Å². The Bertz CT molecular complexity index is 611. The molecule has 10 atom stereocenters. The highest BCUT2D eigenvalue weighted by atomic mass is 16.3. The first-order valence-corrected chi connectivity index (χ1v) is 12.9. The van der Waals surface area contributed by atoms with Crippen LogP contribution >= 0.6 is 0 Å². The summed E-state index contributed by atoms with van der Waals surface area (Å²) in [6.45, 7) is 12.7. The molecule has 1 heteroatoms. The maximum atomic E-state index is 10.5. The van der Waals surface area contributed by atoms with Gasteiger partial charge < -0.3 is 5.11 Å². The van der Waals surface area contributed by atoms with Gasteiger partial charge in [0, 0.05) is 0 Å². The summed E-state index contributed by atoms with van der Waals surface area (Å²) in [6.07, 6.45) is 15.3. The molecule has 5 saturated carbocycles. The van der Waals surface area contributed by atoms with Gasteiger partial charge in [0.15, 0.2) is 0 Å². The topological polar surface area (TPSA) is 20.2 Å². The maximum absolute atomic E-state index is 10.5. The third-order valence-corrected chi connectivity index (χ3v) is 11.7. The first kappa shape index (κ1) is 19.9. The fourth-order valence-electron chi connectivity index (χ4n) is 10.3. The molecule has 5 aliphatic rings. The molecule has 1 nitrogen and oxygen atoms in total. The van der Waals surface area contributed by atoms with Crippen LogP contribution in [0.15, 0.2) is 0 Å². The fourth-order valence-corrected chi connectivity index (χ4v) is 10.3. The van der Waals surface area contributed by atoms with Gasteiger partial charge in [0.25, 0.3) is 0 Å². The Balaban J connectivity index is 1.35. The molecule has 0 amide bonds. The van der Waals surface area contributed by atoms with Crippen LogP contribution < -0.4 is 0 Å². The average molecular weight is 387 g/mol. The predicted octanol–water partition coefficient (Wildman–Crippen LogP) is 7.08. The summed E-state index contributed by atoms with van der Waals surface area (Å²) in [4.78, 5) is 0. The summed E-state index contributed by atoms with van der Waals surface area (Å²) < 4.78 is 0. The summed E-state index contributed by atoms with van der Waals surface area (Å²) in [5.74, 6) is 6.69. The van der Waals surface area contributed by atoms with Crippen LogP contribution in [0.2, 0.25) is 0 Å². The molecule has 0 bridgehead atoms. The van der Waals surface area contributed by atoms with Crippen molar-refractivity contribution in [2.75, 3.05) is 0 Å². The van der Waals surface area contributed by atoms with Gasteiger partial charge in [-0.15, -0.1) is 0 Å². The summed E-state index contributed by atoms with van der Waals surface area (Å²) in [6, 6.07) is 0. The van der Waals surface area contributed by atoms with Crippen molar-refractivity contribution in [3.63, 3.8) is 0 Å². The van der Waals surface area contributed by atoms with Gasteiger partial charge in [-0.2, -0.15) is 0 Å². The van der Waals surface area contributed by atoms with E-state index in [1.807, 2.05) is 0 Å². The minimum atomic E-state index is 0.00178. The molecule has 1 N–H and O–H groups in total. The number of hydrogen-bond acceptors (Lipinski definition) is 1. The lowest BCUT2D eigenvalue weighted by atomic mass is 9.51. The number of aliphatic hydroxyl groups is 1. The van der Waals surface area contributed by atoms with Gasteiger partial charge in [0.2, 0.25) is 0 Å². The summed E-state index contributed by atoms with van der Waals surface area (Å²) in [7, 11) is 0. The second kappa shape index (κ2) is 6.48. The quantitative estimate of drug-likeness (QED) is 0.535. The lowest BCUT2D eigenvalue weighted by molar-refractivity contribution is -0.0637. The zero-order chi connectivity index (χ0) is 19.9. The first-order valence-electron chi connectivity index (χ1n) is 12.9. The van der Waals surface area contributed by atoms with E-state index in [0.29, 0.717) is 16.2 Å². The van der Waals surface area contributed by atoms with Crippen molar-refractivity contribution in [3.8, 4) is 0 Å². The molecule has 1 spiro atoms. The zero-order valence-electron chi connectivity index (χ0n) is 19.3. The molecular weight excluding hydrogens is 340 g/mol. The minimum absolute atomic E-state index is 0.00178. The highest BCUT2D eigenvalue weighted by Gasteiger charge is 2.79. The number of hydrogen-bond donors (Lipinski definition) is 1. The molecule has 0 aromatic rings. The van der Waals surface area contributed by atoms with Crippen molar-refractivity contribution in [3.05, 3.63) is 0 Å². The van der Waals surface area contributed by atoms with Crippen LogP contribution in [0.4, 0.5) is 0 Å². The van der Waals surface area contributed by atoms with E-state index in [1.165, 1.54) is 57.8 Å². The van der Waals surface area contributed by atoms with Crippen molar-refractivity contribution in [1.82, 2.24) is 0 Å². The SMILES string of the molecule is CC(C)CCC[C@@H](C)[C@H]1CC[C@H]2[C@@H]3[C@@H]4C[C@@]45C[C@@H](O)CC[C@]5(C)[C@H]3CC[C@]12C. The van der Waals surface area contributed by atoms with E-state index in [2.05, 4.69) is 34.6 Å². The molecule has 0 heterocycles. The van der Waals surface area contributed by atoms with Crippen LogP contribution in [0.25, 0.3) is 0 Å². The molecule has 5 fully saturated rings. The molecule has 0 aromatic heterocycles. The normalized spacial score (nSPS) is 55.4. The Labute approximate surface area is 174 Å². The standard InChI is InChI=1S/C27H46O/c1-17(2)7-6-8-18(3)20-9-10-21-24-22(12-13-25(20,21)4)26(5)14-11-19(28)15-27(26)16-23(24)27/h17-24,28H,6-16H2,1-5H3/t18-,19+,20-,21+,22+,23+,24+,25-,26-,27+/m1/s1. The molecule has 0 saturated heterocycles. The highest BCUT2D eigenvalue weighted by Crippen LogP contribution is 2.85. The Hall–Kier alpha value is -0.0400. The molecule has 28 heavy (non-hydrogen) atoms. The monoisotopic (exact) mass is 386 g/mol. The molecule has 160 valence electrons. The van der Waals surface area contributed by atoms with E-state index < -0.39 is 0 Å². The molecule has 0 unspecified atom stereocenters. The second-order valence-corrected chi connectivity index (χ2v) is 13.1. The minimum Gasteiger partial charge on any atom is -0.393 e. The van der Waals surface area contributed by atoms with E-state index in [-0.39, 0.29) is 6.10 Å². The van der Waals surface area contributed by atoms with E-state index >= 15 is 0 Å². The average Bonchev–Trinajstić information content (AvgIpc) is 3.15. The van der Waals surface area contributed by atoms with Gasteiger partial charge in [0.05, 0.1) is 6.10 Å². The number of rotatable bonds is 5. The Morgan fingerprint density at radius 2 is 1.64 bits per heavy atom. The van der Waals surface area contributed by atoms with Crippen LogP contribution in [0, 0.1) is 57.7 Å². The van der Waals surface area contributed by atoms with Crippen molar-refractivity contribution in [1.29, 1.82) is 0 Å². The van der Waals surface area contributed by atoms with Gasteiger partial charge in [-0.3, -0.25) is 0 Å². The van der Waals surface area contributed by atoms with E-state index in [0.717, 1.165) is 54.3 Å². The Morgan fingerprint density at radius 3 is 2.39 bits per heavy atom. The first-order chi connectivity index (χ1) is 13.2. The zero-order valence-corrected chi connectivity index (χ0v) is 19.3. The number of aliphatic hydroxyl groups excluding tert-OH is 1. The third kappa shape index (κ3) is 2.53. The van der Waals surface area contributed by atoms with Gasteiger partial charge >= 0.3 is 0 Å². The second-order valence-electron chi connectivity index (χ2n) is 13.1. The molecule has 5 rings (SSSR count). The van der Waals surface area contributed by atoms with Crippen LogP contribution in [0.1, 0.15) is 105 Å². The van der Waals surface area contributed by atoms with Crippen molar-refractivity contribution >= 4 is 0 Å². The van der Waals surface area contributed by atoms with Crippen LogP contribution in [-0.4, -0.2) is 11.2 Å². The molecule has 0 aromatic carbocycles. The predicted molar refractivity (Wildman–Crippen MR) is 117 cm³/mol. The molecule has 0 aliphatic heterocycles. The third-order valence-electron chi connectivity index (χ3n) is 11.7. The molecule has 5 aliphatic carbocycles. The van der Waals surface area contributed by atoms with Crippen LogP contribution in [0.3, 0.4) is 0 Å². The van der Waals surface area contributed by atoms with Gasteiger partial charge in [-0.05, 0) is 109 Å². The summed E-state index contributed by atoms with van der Waals surface area (Å²) >= 11 is 0. The lowest BCUT2D eigenvalue weighted by Gasteiger charge is -2.54. The Kier molecular flexibility index (Phi) is 4.60. The highest BCUT2D eigenvalue weighted by molar-refractivity contribution is 5.27. The van der Waals surface area contributed by atoms with E-state index in [1.54, 1.807) is 0 Å². The van der Waals surface area contributed by atoms with Crippen molar-refractivity contribution in [2.24, 2.45) is 57.7 Å². The smallest absolute Gasteiger partial charge is 0.0546 e. The van der Waals surface area contributed by atoms with Crippen molar-refractivity contribution < 1.29 is 5.11 Å². The van der Waals surface area contributed by atoms with E-state index in [4.69, 9.17) is 0 Å². The molecule has 0 radical (unpaired) electrons. The lowest BCUT2D eigenvalue weighted by Crippen LogP contribution is -2.47. The van der Waals surface area contributed by atoms with E-state index in [9.17, 15) is 5.11 Å². The largest absolute Gasteiger partial charge is 0.393 e. The maximum Gasteiger partial charge on any atom is 0.0546 e. The van der Waals surface area contributed by atoms with Gasteiger partial charge in [0.1, 0.15) is 0 Å². The number of fused-ring (bicyclic) bond motifs is 5. The van der Waals surface area contributed by atoms with Crippen molar-refractivity contribution in [2.45, 2.75) is 111 Å². The summed E-state index contributed by atoms with van der Waals surface area (Å²) in [5, 5.41) is 10.5. The van der Waals surface area contributed by atoms with Gasteiger partial charge in [-0.1, -0.05) is 53.9 Å². The molecular formula is C27H46O. The van der Waals surface area contributed by atoms with Gasteiger partial charge in [-0.25, -0.2) is 0 Å². The summed E-state index contributed by atoms with van der Waals surface area (Å²) in [5.41, 5.74) is 1.72. The fraction of sp³-hybridized carbons (Fsp3) is 1.00. The van der Waals surface area contributed by atoms with Crippen LogP contribution in [0.5, 0.6) is 0 Å². The Morgan fingerprint density at radius 1 is 0.857 bits per heavy atom.